The molecule has 0 heterocycles. The number of hydrogen-bond donors (Lipinski definition) is 1. The summed E-state index contributed by atoms with van der Waals surface area (Å²) in [6.07, 6.45) is 0.648. The third-order valence-corrected chi connectivity index (χ3v) is 2.73. The third-order valence-electron chi connectivity index (χ3n) is 2.73. The van der Waals surface area contributed by atoms with Gasteiger partial charge in [-0.2, -0.15) is 0 Å². The normalized spacial score (nSPS) is 12.0. The Morgan fingerprint density at radius 1 is 1.47 bits per heavy atom. The number of benzene rings is 1. The maximum atomic E-state index is 11.8. The number of methoxy groups -OCH3 is 1. The van der Waals surface area contributed by atoms with Crippen molar-refractivity contribution in [2.24, 2.45) is 5.73 Å². The molecule has 94 valence electrons. The predicted molar refractivity (Wildman–Crippen MR) is 67.7 cm³/mol. The van der Waals surface area contributed by atoms with Crippen molar-refractivity contribution in [1.82, 2.24) is 4.90 Å². The molecule has 17 heavy (non-hydrogen) atoms. The van der Waals surface area contributed by atoms with Gasteiger partial charge in [0.05, 0.1) is 13.2 Å². The Morgan fingerprint density at radius 2 is 2.12 bits per heavy atom. The van der Waals surface area contributed by atoms with Gasteiger partial charge in [0.2, 0.25) is 5.91 Å². The number of para-hydroxylation sites is 1. The van der Waals surface area contributed by atoms with Crippen LogP contribution in [0, 0.1) is 0 Å². The molecule has 4 nitrogen and oxygen atoms in total. The van der Waals surface area contributed by atoms with E-state index in [2.05, 4.69) is 0 Å². The van der Waals surface area contributed by atoms with Gasteiger partial charge in [0, 0.05) is 19.2 Å². The highest BCUT2D eigenvalue weighted by atomic mass is 16.5. The maximum Gasteiger partial charge on any atom is 0.239 e. The van der Waals surface area contributed by atoms with Gasteiger partial charge in [-0.3, -0.25) is 4.79 Å². The first kappa shape index (κ1) is 13.5. The SMILES string of the molecule is CC[C@@H](N)C(=O)N(C)Cc1ccccc1OC. The number of amides is 1. The lowest BCUT2D eigenvalue weighted by Gasteiger charge is -2.21. The van der Waals surface area contributed by atoms with E-state index in [0.717, 1.165) is 11.3 Å². The van der Waals surface area contributed by atoms with E-state index in [9.17, 15) is 4.79 Å². The van der Waals surface area contributed by atoms with Gasteiger partial charge in [-0.1, -0.05) is 25.1 Å². The number of carbonyl (C=O) groups is 1. The molecule has 1 atom stereocenters. The first-order valence-electron chi connectivity index (χ1n) is 5.72. The van der Waals surface area contributed by atoms with Gasteiger partial charge < -0.3 is 15.4 Å². The van der Waals surface area contributed by atoms with E-state index in [1.165, 1.54) is 0 Å². The topological polar surface area (TPSA) is 55.6 Å². The highest BCUT2D eigenvalue weighted by Crippen LogP contribution is 2.18. The van der Waals surface area contributed by atoms with E-state index in [1.54, 1.807) is 19.1 Å². The lowest BCUT2D eigenvalue weighted by Crippen LogP contribution is -2.40. The Balaban J connectivity index is 2.74. The second-order valence-electron chi connectivity index (χ2n) is 4.02. The minimum Gasteiger partial charge on any atom is -0.496 e. The highest BCUT2D eigenvalue weighted by Gasteiger charge is 2.17. The first-order chi connectivity index (χ1) is 8.10. The fourth-order valence-corrected chi connectivity index (χ4v) is 1.62. The Kier molecular flexibility index (Phi) is 4.97. The van der Waals surface area contributed by atoms with Crippen LogP contribution < -0.4 is 10.5 Å². The number of likely N-dealkylation sites (N-methyl/N-ethyl adjacent to an activating group) is 1. The molecule has 0 aliphatic rings. The average Bonchev–Trinajstić information content (AvgIpc) is 2.37. The van der Waals surface area contributed by atoms with Gasteiger partial charge in [0.15, 0.2) is 0 Å². The number of carbonyl (C=O) groups excluding carboxylic acids is 1. The minimum absolute atomic E-state index is 0.0431. The van der Waals surface area contributed by atoms with Gasteiger partial charge in [0.1, 0.15) is 5.75 Å². The molecule has 4 heteroatoms. The fraction of sp³-hybridized carbons (Fsp3) is 0.462. The molecule has 1 rings (SSSR count). The van der Waals surface area contributed by atoms with Crippen LogP contribution >= 0.6 is 0 Å². The monoisotopic (exact) mass is 236 g/mol. The maximum absolute atomic E-state index is 11.8. The second kappa shape index (κ2) is 6.25. The lowest BCUT2D eigenvalue weighted by molar-refractivity contribution is -0.131. The van der Waals surface area contributed by atoms with Gasteiger partial charge in [-0.05, 0) is 12.5 Å². The number of nitrogens with two attached hydrogens (primary N) is 1. The molecule has 2 N–H and O–H groups in total. The van der Waals surface area contributed by atoms with Gasteiger partial charge >= 0.3 is 0 Å². The van der Waals surface area contributed by atoms with Gasteiger partial charge in [-0.15, -0.1) is 0 Å². The van der Waals surface area contributed by atoms with Crippen molar-refractivity contribution >= 4 is 5.91 Å². The zero-order chi connectivity index (χ0) is 12.8. The van der Waals surface area contributed by atoms with Crippen LogP contribution in [0.25, 0.3) is 0 Å². The van der Waals surface area contributed by atoms with E-state index >= 15 is 0 Å². The summed E-state index contributed by atoms with van der Waals surface area (Å²) in [6, 6.07) is 7.24. The standard InChI is InChI=1S/C13H20N2O2/c1-4-11(14)13(16)15(2)9-10-7-5-6-8-12(10)17-3/h5-8,11H,4,9,14H2,1-3H3/t11-/m1/s1. The van der Waals surface area contributed by atoms with E-state index in [4.69, 9.17) is 10.5 Å². The molecule has 0 unspecified atom stereocenters. The zero-order valence-corrected chi connectivity index (χ0v) is 10.6. The van der Waals surface area contributed by atoms with Crippen molar-refractivity contribution in [3.63, 3.8) is 0 Å². The summed E-state index contributed by atoms with van der Waals surface area (Å²) in [5, 5.41) is 0. The summed E-state index contributed by atoms with van der Waals surface area (Å²) in [5.41, 5.74) is 6.70. The molecule has 0 saturated heterocycles. The van der Waals surface area contributed by atoms with Crippen molar-refractivity contribution in [3.05, 3.63) is 29.8 Å². The molecular weight excluding hydrogens is 216 g/mol. The van der Waals surface area contributed by atoms with Gasteiger partial charge in [0.25, 0.3) is 0 Å². The second-order valence-corrected chi connectivity index (χ2v) is 4.02. The van der Waals surface area contributed by atoms with Crippen molar-refractivity contribution in [2.75, 3.05) is 14.2 Å². The van der Waals surface area contributed by atoms with Gasteiger partial charge in [-0.25, -0.2) is 0 Å². The lowest BCUT2D eigenvalue weighted by atomic mass is 10.1. The number of rotatable bonds is 5. The predicted octanol–water partition coefficient (Wildman–Crippen LogP) is 1.39. The van der Waals surface area contributed by atoms with E-state index < -0.39 is 6.04 Å². The molecule has 0 aliphatic carbocycles. The Labute approximate surface area is 102 Å². The molecule has 0 radical (unpaired) electrons. The minimum atomic E-state index is -0.422. The molecule has 0 bridgehead atoms. The number of ether oxygens (including phenoxy) is 1. The van der Waals surface area contributed by atoms with Crippen LogP contribution in [0.5, 0.6) is 5.75 Å². The molecule has 1 aromatic carbocycles. The Bertz CT molecular complexity index is 379. The van der Waals surface area contributed by atoms with Crippen LogP contribution in [0.4, 0.5) is 0 Å². The summed E-state index contributed by atoms with van der Waals surface area (Å²) in [4.78, 5) is 13.5. The molecule has 1 amide bonds. The van der Waals surface area contributed by atoms with Crippen LogP contribution in [0.1, 0.15) is 18.9 Å². The zero-order valence-electron chi connectivity index (χ0n) is 10.6. The quantitative estimate of drug-likeness (QED) is 0.840. The summed E-state index contributed by atoms with van der Waals surface area (Å²) < 4.78 is 5.24. The van der Waals surface area contributed by atoms with Crippen LogP contribution in [-0.4, -0.2) is 31.0 Å². The summed E-state index contributed by atoms with van der Waals surface area (Å²) >= 11 is 0. The molecule has 0 fully saturated rings. The molecule has 1 aromatic rings. The van der Waals surface area contributed by atoms with Crippen LogP contribution in [0.2, 0.25) is 0 Å². The van der Waals surface area contributed by atoms with Crippen molar-refractivity contribution in [2.45, 2.75) is 25.9 Å². The summed E-state index contributed by atoms with van der Waals surface area (Å²) in [5.74, 6) is 0.746. The van der Waals surface area contributed by atoms with E-state index in [-0.39, 0.29) is 5.91 Å². The molecule has 0 saturated carbocycles. The third kappa shape index (κ3) is 3.46. The molecular formula is C13H20N2O2. The summed E-state index contributed by atoms with van der Waals surface area (Å²) in [6.45, 7) is 2.41. The Morgan fingerprint density at radius 3 is 2.71 bits per heavy atom. The molecule has 0 aliphatic heterocycles. The van der Waals surface area contributed by atoms with Crippen LogP contribution in [0.15, 0.2) is 24.3 Å². The van der Waals surface area contributed by atoms with Crippen LogP contribution in [0.3, 0.4) is 0 Å². The fourth-order valence-electron chi connectivity index (χ4n) is 1.62. The highest BCUT2D eigenvalue weighted by molar-refractivity contribution is 5.81. The first-order valence-corrected chi connectivity index (χ1v) is 5.72. The van der Waals surface area contributed by atoms with Crippen molar-refractivity contribution < 1.29 is 9.53 Å². The van der Waals surface area contributed by atoms with E-state index in [0.29, 0.717) is 13.0 Å². The number of hydrogen-bond acceptors (Lipinski definition) is 3. The average molecular weight is 236 g/mol. The largest absolute Gasteiger partial charge is 0.496 e. The Hall–Kier alpha value is -1.55. The summed E-state index contributed by atoms with van der Waals surface area (Å²) in [7, 11) is 3.38. The van der Waals surface area contributed by atoms with E-state index in [1.807, 2.05) is 31.2 Å². The smallest absolute Gasteiger partial charge is 0.239 e. The van der Waals surface area contributed by atoms with Crippen LogP contribution in [-0.2, 0) is 11.3 Å². The van der Waals surface area contributed by atoms with Crippen molar-refractivity contribution in [1.29, 1.82) is 0 Å². The number of nitrogens with zero attached hydrogens (tertiary/aromatic N) is 1. The molecule has 0 aromatic heterocycles. The van der Waals surface area contributed by atoms with Crippen molar-refractivity contribution in [3.8, 4) is 5.75 Å². The molecule has 0 spiro atoms.